The van der Waals surface area contributed by atoms with Crippen LogP contribution in [-0.2, 0) is 11.8 Å². The summed E-state index contributed by atoms with van der Waals surface area (Å²) in [5.74, 6) is -1.32. The molecule has 3 aromatic rings. The fraction of sp³-hybridized carbons (Fsp3) is 0.150. The van der Waals surface area contributed by atoms with Crippen LogP contribution in [0.25, 0.3) is 5.69 Å². The van der Waals surface area contributed by atoms with Gasteiger partial charge in [-0.2, -0.15) is 0 Å². The van der Waals surface area contributed by atoms with Crippen LogP contribution >= 0.6 is 11.6 Å². The molecule has 2 N–H and O–H groups in total. The molecule has 3 rings (SSSR count). The molecule has 160 valence electrons. The lowest BCUT2D eigenvalue weighted by Gasteiger charge is -2.07. The van der Waals surface area contributed by atoms with Gasteiger partial charge in [0.15, 0.2) is 0 Å². The van der Waals surface area contributed by atoms with Gasteiger partial charge in [-0.25, -0.2) is 4.68 Å². The van der Waals surface area contributed by atoms with Crippen LogP contribution in [0.5, 0.6) is 0 Å². The Hall–Kier alpha value is -3.92. The SMILES string of the molecule is Cc1c(NC(=O)CNC(=O)c2ccc(Cl)c([N+](=O)[O-])c2)c(=O)n(-c2ccccc2)n1C. The third-order valence-electron chi connectivity index (χ3n) is 4.63. The lowest BCUT2D eigenvalue weighted by atomic mass is 10.2. The van der Waals surface area contributed by atoms with Gasteiger partial charge in [0.25, 0.3) is 17.2 Å². The van der Waals surface area contributed by atoms with Crippen LogP contribution in [0.2, 0.25) is 5.02 Å². The second-order valence-corrected chi connectivity index (χ2v) is 7.00. The molecular weight excluding hydrogens is 426 g/mol. The van der Waals surface area contributed by atoms with E-state index >= 15 is 0 Å². The first kappa shape index (κ1) is 21.8. The minimum absolute atomic E-state index is 0.0220. The van der Waals surface area contributed by atoms with E-state index in [9.17, 15) is 24.5 Å². The zero-order valence-electron chi connectivity index (χ0n) is 16.6. The Kier molecular flexibility index (Phi) is 6.21. The van der Waals surface area contributed by atoms with Gasteiger partial charge in [-0.1, -0.05) is 29.8 Å². The number of carbonyl (C=O) groups is 2. The van der Waals surface area contributed by atoms with Crippen molar-refractivity contribution in [2.24, 2.45) is 7.05 Å². The van der Waals surface area contributed by atoms with Crippen LogP contribution in [0.1, 0.15) is 16.1 Å². The highest BCUT2D eigenvalue weighted by Gasteiger charge is 2.19. The summed E-state index contributed by atoms with van der Waals surface area (Å²) < 4.78 is 3.02. The maximum atomic E-state index is 12.8. The van der Waals surface area contributed by atoms with Crippen molar-refractivity contribution in [2.75, 3.05) is 11.9 Å². The molecule has 0 atom stereocenters. The van der Waals surface area contributed by atoms with Gasteiger partial charge in [0.2, 0.25) is 5.91 Å². The monoisotopic (exact) mass is 443 g/mol. The van der Waals surface area contributed by atoms with Crippen molar-refractivity contribution in [3.63, 3.8) is 0 Å². The Balaban J connectivity index is 1.72. The zero-order valence-corrected chi connectivity index (χ0v) is 17.3. The smallest absolute Gasteiger partial charge is 0.295 e. The Labute approximate surface area is 181 Å². The molecule has 0 saturated carbocycles. The van der Waals surface area contributed by atoms with Crippen molar-refractivity contribution >= 4 is 34.8 Å². The molecule has 31 heavy (non-hydrogen) atoms. The number of amides is 2. The highest BCUT2D eigenvalue weighted by Crippen LogP contribution is 2.25. The van der Waals surface area contributed by atoms with E-state index in [0.717, 1.165) is 6.07 Å². The van der Waals surface area contributed by atoms with Gasteiger partial charge >= 0.3 is 0 Å². The van der Waals surface area contributed by atoms with E-state index in [1.54, 1.807) is 42.9 Å². The molecule has 11 heteroatoms. The first-order valence-corrected chi connectivity index (χ1v) is 9.44. The van der Waals surface area contributed by atoms with Crippen LogP contribution < -0.4 is 16.2 Å². The van der Waals surface area contributed by atoms with Gasteiger partial charge in [0, 0.05) is 18.7 Å². The topological polar surface area (TPSA) is 128 Å². The number of anilines is 1. The average Bonchev–Trinajstić information content (AvgIpc) is 2.96. The highest BCUT2D eigenvalue weighted by molar-refractivity contribution is 6.32. The molecule has 0 bridgehead atoms. The molecule has 0 saturated heterocycles. The number of nitro benzene ring substituents is 1. The van der Waals surface area contributed by atoms with Crippen LogP contribution in [0.3, 0.4) is 0 Å². The van der Waals surface area contributed by atoms with E-state index in [-0.39, 0.29) is 16.3 Å². The third kappa shape index (κ3) is 4.48. The lowest BCUT2D eigenvalue weighted by molar-refractivity contribution is -0.384. The predicted octanol–water partition coefficient (Wildman–Crippen LogP) is 2.41. The van der Waals surface area contributed by atoms with E-state index in [1.807, 2.05) is 6.07 Å². The van der Waals surface area contributed by atoms with E-state index < -0.39 is 34.5 Å². The van der Waals surface area contributed by atoms with E-state index in [2.05, 4.69) is 10.6 Å². The normalized spacial score (nSPS) is 10.5. The zero-order chi connectivity index (χ0) is 22.7. The van der Waals surface area contributed by atoms with Crippen molar-refractivity contribution < 1.29 is 14.5 Å². The maximum Gasteiger partial charge on any atom is 0.295 e. The number of nitrogens with one attached hydrogen (secondary N) is 2. The second kappa shape index (κ2) is 8.84. The number of nitro groups is 1. The van der Waals surface area contributed by atoms with Gasteiger partial charge in [0.1, 0.15) is 10.7 Å². The van der Waals surface area contributed by atoms with Crippen molar-refractivity contribution in [1.29, 1.82) is 0 Å². The summed E-state index contributed by atoms with van der Waals surface area (Å²) in [6.07, 6.45) is 0. The summed E-state index contributed by atoms with van der Waals surface area (Å²) in [5, 5.41) is 15.7. The number of hydrogen-bond acceptors (Lipinski definition) is 5. The standard InChI is InChI=1S/C20H18ClN5O5/c1-12-18(20(29)25(24(12)2)14-6-4-3-5-7-14)23-17(27)11-22-19(28)13-8-9-15(21)16(10-13)26(30)31/h3-10H,11H2,1-2H3,(H,22,28)(H,23,27). The van der Waals surface area contributed by atoms with Gasteiger partial charge in [0.05, 0.1) is 22.8 Å². The number of hydrogen-bond donors (Lipinski definition) is 2. The van der Waals surface area contributed by atoms with E-state index in [1.165, 1.54) is 16.8 Å². The Morgan fingerprint density at radius 3 is 2.48 bits per heavy atom. The second-order valence-electron chi connectivity index (χ2n) is 6.59. The van der Waals surface area contributed by atoms with Crippen molar-refractivity contribution in [1.82, 2.24) is 14.7 Å². The number of para-hydroxylation sites is 1. The molecule has 2 amide bonds. The molecule has 0 aliphatic heterocycles. The largest absolute Gasteiger partial charge is 0.343 e. The van der Waals surface area contributed by atoms with E-state index in [0.29, 0.717) is 11.4 Å². The number of aromatic nitrogens is 2. The summed E-state index contributed by atoms with van der Waals surface area (Å²) in [6.45, 7) is 1.25. The van der Waals surface area contributed by atoms with Gasteiger partial charge in [-0.05, 0) is 31.2 Å². The summed E-state index contributed by atoms with van der Waals surface area (Å²) in [6, 6.07) is 12.5. The number of benzene rings is 2. The minimum atomic E-state index is -0.707. The molecule has 0 unspecified atom stereocenters. The number of nitrogens with zero attached hydrogens (tertiary/aromatic N) is 3. The number of carbonyl (C=O) groups excluding carboxylic acids is 2. The third-order valence-corrected chi connectivity index (χ3v) is 4.95. The first-order chi connectivity index (χ1) is 14.7. The Bertz CT molecular complexity index is 1230. The molecule has 0 spiro atoms. The van der Waals surface area contributed by atoms with Crippen molar-refractivity contribution in [3.05, 3.63) is 85.3 Å². The number of halogens is 1. The minimum Gasteiger partial charge on any atom is -0.343 e. The maximum absolute atomic E-state index is 12.8. The van der Waals surface area contributed by atoms with Crippen LogP contribution in [0.4, 0.5) is 11.4 Å². The van der Waals surface area contributed by atoms with Crippen molar-refractivity contribution in [2.45, 2.75) is 6.92 Å². The average molecular weight is 444 g/mol. The molecule has 0 aliphatic rings. The lowest BCUT2D eigenvalue weighted by Crippen LogP contribution is -2.34. The molecule has 1 aromatic heterocycles. The van der Waals surface area contributed by atoms with Gasteiger partial charge < -0.3 is 10.6 Å². The Morgan fingerprint density at radius 2 is 1.84 bits per heavy atom. The summed E-state index contributed by atoms with van der Waals surface area (Å²) in [7, 11) is 1.69. The van der Waals surface area contributed by atoms with Crippen LogP contribution in [0.15, 0.2) is 53.3 Å². The fourth-order valence-electron chi connectivity index (χ4n) is 2.95. The number of rotatable bonds is 6. The molecular formula is C20H18ClN5O5. The van der Waals surface area contributed by atoms with Crippen molar-refractivity contribution in [3.8, 4) is 5.69 Å². The molecule has 0 radical (unpaired) electrons. The summed E-state index contributed by atoms with van der Waals surface area (Å²) >= 11 is 5.73. The molecule has 0 fully saturated rings. The molecule has 2 aromatic carbocycles. The van der Waals surface area contributed by atoms with Crippen LogP contribution in [0, 0.1) is 17.0 Å². The fourth-order valence-corrected chi connectivity index (χ4v) is 3.14. The Morgan fingerprint density at radius 1 is 1.16 bits per heavy atom. The highest BCUT2D eigenvalue weighted by atomic mass is 35.5. The van der Waals surface area contributed by atoms with Crippen LogP contribution in [-0.4, -0.2) is 32.6 Å². The summed E-state index contributed by atoms with van der Waals surface area (Å²) in [4.78, 5) is 47.6. The molecule has 0 aliphatic carbocycles. The summed E-state index contributed by atoms with van der Waals surface area (Å²) in [5.41, 5.74) is 0.399. The van der Waals surface area contributed by atoms with Gasteiger partial charge in [-0.3, -0.25) is 29.2 Å². The first-order valence-electron chi connectivity index (χ1n) is 9.06. The van der Waals surface area contributed by atoms with E-state index in [4.69, 9.17) is 11.6 Å². The predicted molar refractivity (Wildman–Crippen MR) is 115 cm³/mol. The molecule has 10 nitrogen and oxygen atoms in total. The molecule has 1 heterocycles. The van der Waals surface area contributed by atoms with Gasteiger partial charge in [-0.15, -0.1) is 0 Å². The quantitative estimate of drug-likeness (QED) is 0.446.